The molecule has 3 heteroatoms. The Morgan fingerprint density at radius 1 is 1.29 bits per heavy atom. The van der Waals surface area contributed by atoms with E-state index < -0.39 is 0 Å². The van der Waals surface area contributed by atoms with E-state index in [-0.39, 0.29) is 11.4 Å². The number of carbonyl (C=O) groups is 1. The molecule has 0 aliphatic rings. The molecule has 0 unspecified atom stereocenters. The van der Waals surface area contributed by atoms with Crippen LogP contribution in [0.1, 0.15) is 57.7 Å². The molecule has 0 aliphatic carbocycles. The minimum atomic E-state index is -0.160. The van der Waals surface area contributed by atoms with Crippen molar-refractivity contribution in [3.63, 3.8) is 0 Å². The van der Waals surface area contributed by atoms with Crippen LogP contribution in [0, 0.1) is 12.8 Å². The number of carbonyl (C=O) groups excluding carboxylic acids is 1. The third-order valence-corrected chi connectivity index (χ3v) is 3.36. The summed E-state index contributed by atoms with van der Waals surface area (Å²) in [7, 11) is 0. The van der Waals surface area contributed by atoms with Gasteiger partial charge in [0.15, 0.2) is 0 Å². The average molecular weight is 292 g/mol. The zero-order valence-electron chi connectivity index (χ0n) is 14.1. The third kappa shape index (κ3) is 5.41. The summed E-state index contributed by atoms with van der Waals surface area (Å²) in [6.45, 7) is 12.6. The molecule has 3 nitrogen and oxygen atoms in total. The SMILES string of the molecule is Cc1cc(CCC(=O)OCC(C)C)cc(C(C)(C)C)c1O. The fourth-order valence-corrected chi connectivity index (χ4v) is 2.15. The van der Waals surface area contributed by atoms with E-state index in [1.165, 1.54) is 0 Å². The van der Waals surface area contributed by atoms with Gasteiger partial charge in [-0.1, -0.05) is 46.8 Å². The van der Waals surface area contributed by atoms with Gasteiger partial charge in [0.1, 0.15) is 5.75 Å². The van der Waals surface area contributed by atoms with Crippen LogP contribution in [0.2, 0.25) is 0 Å². The summed E-state index contributed by atoms with van der Waals surface area (Å²) in [6.07, 6.45) is 1.02. The lowest BCUT2D eigenvalue weighted by Crippen LogP contribution is -2.13. The molecule has 0 aromatic heterocycles. The summed E-state index contributed by atoms with van der Waals surface area (Å²) in [6, 6.07) is 3.94. The molecule has 0 heterocycles. The molecule has 21 heavy (non-hydrogen) atoms. The number of hydrogen-bond donors (Lipinski definition) is 1. The molecule has 0 fully saturated rings. The van der Waals surface area contributed by atoms with Crippen molar-refractivity contribution in [1.82, 2.24) is 0 Å². The van der Waals surface area contributed by atoms with Crippen LogP contribution in [0.25, 0.3) is 0 Å². The number of benzene rings is 1. The lowest BCUT2D eigenvalue weighted by molar-refractivity contribution is -0.144. The van der Waals surface area contributed by atoms with Crippen molar-refractivity contribution < 1.29 is 14.6 Å². The van der Waals surface area contributed by atoms with Crippen LogP contribution in [0.15, 0.2) is 12.1 Å². The van der Waals surface area contributed by atoms with Crippen LogP contribution in [-0.2, 0) is 21.4 Å². The Hall–Kier alpha value is -1.51. The normalized spacial score (nSPS) is 11.8. The van der Waals surface area contributed by atoms with Crippen molar-refractivity contribution in [2.24, 2.45) is 5.92 Å². The Bertz CT molecular complexity index is 496. The van der Waals surface area contributed by atoms with Gasteiger partial charge in [-0.05, 0) is 41.4 Å². The van der Waals surface area contributed by atoms with E-state index in [0.29, 0.717) is 31.1 Å². The number of hydrogen-bond acceptors (Lipinski definition) is 3. The van der Waals surface area contributed by atoms with E-state index in [9.17, 15) is 9.90 Å². The predicted octanol–water partition coefficient (Wildman–Crippen LogP) is 4.13. The number of aryl methyl sites for hydroxylation is 2. The molecule has 0 atom stereocenters. The second kappa shape index (κ2) is 6.97. The fraction of sp³-hybridized carbons (Fsp3) is 0.611. The average Bonchev–Trinajstić information content (AvgIpc) is 2.36. The van der Waals surface area contributed by atoms with Crippen LogP contribution in [0.3, 0.4) is 0 Å². The van der Waals surface area contributed by atoms with Gasteiger partial charge in [-0.2, -0.15) is 0 Å². The van der Waals surface area contributed by atoms with Crippen molar-refractivity contribution in [3.05, 3.63) is 28.8 Å². The quantitative estimate of drug-likeness (QED) is 0.830. The molecule has 0 aliphatic heterocycles. The van der Waals surface area contributed by atoms with E-state index in [1.54, 1.807) is 0 Å². The van der Waals surface area contributed by atoms with Crippen LogP contribution in [-0.4, -0.2) is 17.7 Å². The van der Waals surface area contributed by atoms with Crippen molar-refractivity contribution in [3.8, 4) is 5.75 Å². The maximum Gasteiger partial charge on any atom is 0.306 e. The van der Waals surface area contributed by atoms with Gasteiger partial charge in [0.05, 0.1) is 6.61 Å². The first-order valence-electron chi connectivity index (χ1n) is 7.60. The standard InChI is InChI=1S/C18H28O3/c1-12(2)11-21-16(19)8-7-14-9-13(3)17(20)15(10-14)18(4,5)6/h9-10,12,20H,7-8,11H2,1-6H3. The topological polar surface area (TPSA) is 46.5 Å². The molecule has 1 aromatic carbocycles. The van der Waals surface area contributed by atoms with Gasteiger partial charge in [-0.25, -0.2) is 0 Å². The lowest BCUT2D eigenvalue weighted by atomic mass is 9.83. The molecule has 1 rings (SSSR count). The molecule has 0 saturated carbocycles. The van der Waals surface area contributed by atoms with Crippen molar-refractivity contribution in [1.29, 1.82) is 0 Å². The summed E-state index contributed by atoms with van der Waals surface area (Å²) < 4.78 is 5.19. The molecule has 0 saturated heterocycles. The first-order valence-corrected chi connectivity index (χ1v) is 7.60. The molecule has 118 valence electrons. The Labute approximate surface area is 128 Å². The lowest BCUT2D eigenvalue weighted by Gasteiger charge is -2.22. The molecular formula is C18H28O3. The maximum absolute atomic E-state index is 11.7. The van der Waals surface area contributed by atoms with Gasteiger partial charge in [-0.3, -0.25) is 4.79 Å². The van der Waals surface area contributed by atoms with Crippen LogP contribution < -0.4 is 0 Å². The summed E-state index contributed by atoms with van der Waals surface area (Å²) in [4.78, 5) is 11.7. The number of phenolic OH excluding ortho intramolecular Hbond substituents is 1. The molecule has 0 spiro atoms. The zero-order chi connectivity index (χ0) is 16.2. The van der Waals surface area contributed by atoms with Crippen molar-refractivity contribution >= 4 is 5.97 Å². The van der Waals surface area contributed by atoms with Crippen LogP contribution in [0.5, 0.6) is 5.75 Å². The Morgan fingerprint density at radius 3 is 2.43 bits per heavy atom. The highest BCUT2D eigenvalue weighted by Crippen LogP contribution is 2.34. The molecule has 0 radical (unpaired) electrons. The Morgan fingerprint density at radius 2 is 1.90 bits per heavy atom. The zero-order valence-corrected chi connectivity index (χ0v) is 14.1. The highest BCUT2D eigenvalue weighted by Gasteiger charge is 2.20. The van der Waals surface area contributed by atoms with E-state index in [1.807, 2.05) is 32.9 Å². The summed E-state index contributed by atoms with van der Waals surface area (Å²) >= 11 is 0. The third-order valence-electron chi connectivity index (χ3n) is 3.36. The largest absolute Gasteiger partial charge is 0.507 e. The number of esters is 1. The van der Waals surface area contributed by atoms with Crippen molar-refractivity contribution in [2.75, 3.05) is 6.61 Å². The number of aromatic hydroxyl groups is 1. The van der Waals surface area contributed by atoms with Crippen LogP contribution >= 0.6 is 0 Å². The summed E-state index contributed by atoms with van der Waals surface area (Å²) in [5.74, 6) is 0.553. The van der Waals surface area contributed by atoms with Gasteiger partial charge in [-0.15, -0.1) is 0 Å². The maximum atomic E-state index is 11.7. The predicted molar refractivity (Wildman–Crippen MR) is 85.7 cm³/mol. The number of rotatable bonds is 5. The second-order valence-corrected chi connectivity index (χ2v) is 7.14. The summed E-state index contributed by atoms with van der Waals surface area (Å²) in [5.41, 5.74) is 2.72. The van der Waals surface area contributed by atoms with Gasteiger partial charge >= 0.3 is 5.97 Å². The smallest absolute Gasteiger partial charge is 0.306 e. The molecule has 0 bridgehead atoms. The Kier molecular flexibility index (Phi) is 5.82. The minimum Gasteiger partial charge on any atom is -0.507 e. The summed E-state index contributed by atoms with van der Waals surface area (Å²) in [5, 5.41) is 10.2. The van der Waals surface area contributed by atoms with E-state index >= 15 is 0 Å². The molecular weight excluding hydrogens is 264 g/mol. The molecule has 1 N–H and O–H groups in total. The molecule has 1 aromatic rings. The molecule has 0 amide bonds. The van der Waals surface area contributed by atoms with Gasteiger partial charge in [0, 0.05) is 6.42 Å². The van der Waals surface area contributed by atoms with E-state index in [4.69, 9.17) is 4.74 Å². The highest BCUT2D eigenvalue weighted by molar-refractivity contribution is 5.69. The second-order valence-electron chi connectivity index (χ2n) is 7.14. The van der Waals surface area contributed by atoms with Crippen LogP contribution in [0.4, 0.5) is 0 Å². The number of phenols is 1. The van der Waals surface area contributed by atoms with Crippen molar-refractivity contribution in [2.45, 2.75) is 59.8 Å². The first kappa shape index (κ1) is 17.5. The van der Waals surface area contributed by atoms with E-state index in [0.717, 1.165) is 16.7 Å². The minimum absolute atomic E-state index is 0.122. The first-order chi connectivity index (χ1) is 9.61. The van der Waals surface area contributed by atoms with Gasteiger partial charge in [0.2, 0.25) is 0 Å². The monoisotopic (exact) mass is 292 g/mol. The van der Waals surface area contributed by atoms with E-state index in [2.05, 4.69) is 20.8 Å². The Balaban J connectivity index is 2.77. The number of ether oxygens (including phenoxy) is 1. The van der Waals surface area contributed by atoms with Gasteiger partial charge in [0.25, 0.3) is 0 Å². The van der Waals surface area contributed by atoms with Gasteiger partial charge < -0.3 is 9.84 Å². The fourth-order valence-electron chi connectivity index (χ4n) is 2.15. The highest BCUT2D eigenvalue weighted by atomic mass is 16.5.